The van der Waals surface area contributed by atoms with E-state index in [2.05, 4.69) is 52.6 Å². The van der Waals surface area contributed by atoms with Crippen LogP contribution in [0.1, 0.15) is 0 Å². The van der Waals surface area contributed by atoms with Gasteiger partial charge in [0.25, 0.3) is 0 Å². The average molecular weight is 288 g/mol. The predicted octanol–water partition coefficient (Wildman–Crippen LogP) is 1.45. The summed E-state index contributed by atoms with van der Waals surface area (Å²) in [6.07, 6.45) is 0. The minimum atomic E-state index is -1.31. The van der Waals surface area contributed by atoms with Crippen LogP contribution in [0.15, 0.2) is 4.03 Å². The van der Waals surface area contributed by atoms with Gasteiger partial charge in [-0.2, -0.15) is 0 Å². The van der Waals surface area contributed by atoms with Crippen LogP contribution in [-0.2, 0) is 10.9 Å². The van der Waals surface area contributed by atoms with Crippen LogP contribution < -0.4 is 18.9 Å². The summed E-state index contributed by atoms with van der Waals surface area (Å²) >= 11 is 0. The van der Waals surface area contributed by atoms with Crippen molar-refractivity contribution >= 4 is 35.3 Å². The Balaban J connectivity index is 0. The largest absolute Gasteiger partial charge is 1.00 e. The van der Waals surface area contributed by atoms with Crippen molar-refractivity contribution in [3.63, 3.8) is 0 Å². The molecule has 0 rings (SSSR count). The molecule has 0 amide bonds. The molecule has 1 atom stereocenters. The van der Waals surface area contributed by atoms with Gasteiger partial charge in [0.15, 0.2) is 8.24 Å². The van der Waals surface area contributed by atoms with Crippen molar-refractivity contribution in [1.29, 1.82) is 0 Å². The first-order valence-corrected chi connectivity index (χ1v) is 15.9. The molecule has 0 saturated carbocycles. The fourth-order valence-electron chi connectivity index (χ4n) is 0.941. The molecule has 2 nitrogen and oxygen atoms in total. The molecule has 0 unspecified atom stereocenters. The third-order valence-electron chi connectivity index (χ3n) is 1.13. The summed E-state index contributed by atoms with van der Waals surface area (Å²) in [5.41, 5.74) is 1.21. The van der Waals surface area contributed by atoms with Crippen LogP contribution in [0.3, 0.4) is 0 Å². The molecule has 0 N–H and O–H groups in total. The zero-order chi connectivity index (χ0) is 12.3. The maximum atomic E-state index is 4.99. The van der Waals surface area contributed by atoms with E-state index in [1.807, 2.05) is 0 Å². The van der Waals surface area contributed by atoms with Crippen LogP contribution in [0.25, 0.3) is 4.39 Å². The van der Waals surface area contributed by atoms with Gasteiger partial charge >= 0.3 is 18.9 Å². The minimum absolute atomic E-state index is 0. The first-order valence-electron chi connectivity index (χ1n) is 5.31. The summed E-state index contributed by atoms with van der Waals surface area (Å²) < 4.78 is 9.97. The Morgan fingerprint density at radius 2 is 1.50 bits per heavy atom. The molecule has 0 aliphatic heterocycles. The summed E-state index contributed by atoms with van der Waals surface area (Å²) in [6.45, 7) is 18.5. The Morgan fingerprint density at radius 3 is 1.75 bits per heavy atom. The molecule has 0 spiro atoms. The van der Waals surface area contributed by atoms with E-state index in [0.29, 0.717) is 0 Å². The van der Waals surface area contributed by atoms with Gasteiger partial charge in [-0.25, -0.2) is 10.9 Å². The summed E-state index contributed by atoms with van der Waals surface area (Å²) in [6, 6.07) is 0. The monoisotopic (exact) mass is 288 g/mol. The molecule has 0 saturated heterocycles. The van der Waals surface area contributed by atoms with Gasteiger partial charge in [-0.3, -0.25) is 0 Å². The van der Waals surface area contributed by atoms with Crippen molar-refractivity contribution in [1.82, 2.24) is 0 Å². The zero-order valence-corrected chi connectivity index (χ0v) is 16.2. The predicted molar refractivity (Wildman–Crippen MR) is 83.5 cm³/mol. The average Bonchev–Trinajstić information content (AvgIpc) is 1.73. The van der Waals surface area contributed by atoms with Crippen molar-refractivity contribution < 1.29 is 18.9 Å². The number of hydrogen-bond acceptors (Lipinski definition) is 1. The van der Waals surface area contributed by atoms with E-state index in [4.69, 9.17) is 8.42 Å². The maximum Gasteiger partial charge on any atom is 1.00 e. The Hall–Kier alpha value is 1.57. The van der Waals surface area contributed by atoms with Crippen LogP contribution in [-0.4, -0.2) is 35.3 Å². The molecule has 0 aliphatic carbocycles. The van der Waals surface area contributed by atoms with Crippen LogP contribution >= 0.6 is 7.92 Å². The number of nitrogens with zero attached hydrogens (tertiary/aromatic N) is 2. The molecule has 0 radical (unpaired) electrons. The number of hydrogen-bond donors (Lipinski definition) is 0. The summed E-state index contributed by atoms with van der Waals surface area (Å²) in [4.78, 5) is 0. The van der Waals surface area contributed by atoms with E-state index in [9.17, 15) is 0 Å². The van der Waals surface area contributed by atoms with E-state index in [1.165, 1.54) is 5.49 Å². The van der Waals surface area contributed by atoms with Gasteiger partial charge in [0.1, 0.15) is 0 Å². The van der Waals surface area contributed by atoms with E-state index in [0.717, 1.165) is 0 Å². The second-order valence-corrected chi connectivity index (χ2v) is 20.1. The standard InChI is InChI=1S/C9H26N2PSSi2.Li/c1-12(2)9-13(10-14(3,4)5)11-15(6,7)8;/h9H2,1-8H3;/q-1;+1. The summed E-state index contributed by atoms with van der Waals surface area (Å²) in [5.74, 6) is 0. The van der Waals surface area contributed by atoms with E-state index < -0.39 is 16.5 Å². The van der Waals surface area contributed by atoms with Gasteiger partial charge in [0, 0.05) is 5.49 Å². The van der Waals surface area contributed by atoms with Crippen LogP contribution in [0.4, 0.5) is 0 Å². The van der Waals surface area contributed by atoms with Gasteiger partial charge < -0.3 is 8.42 Å². The van der Waals surface area contributed by atoms with Crippen molar-refractivity contribution in [2.75, 3.05) is 18.8 Å². The van der Waals surface area contributed by atoms with Crippen molar-refractivity contribution in [3.05, 3.63) is 4.39 Å². The molecular weight excluding hydrogens is 262 g/mol. The molecule has 0 aliphatic rings. The molecule has 16 heavy (non-hydrogen) atoms. The Labute approximate surface area is 120 Å². The molecule has 0 bridgehead atoms. The topological polar surface area (TPSA) is 26.5 Å². The second-order valence-electron chi connectivity index (χ2n) is 6.07. The first kappa shape index (κ1) is 19.9. The maximum absolute atomic E-state index is 4.99. The quantitative estimate of drug-likeness (QED) is 0.541. The zero-order valence-electron chi connectivity index (χ0n) is 12.5. The van der Waals surface area contributed by atoms with Gasteiger partial charge in [-0.15, -0.1) is 7.92 Å². The van der Waals surface area contributed by atoms with E-state index >= 15 is 0 Å². The normalized spacial score (nSPS) is 15.1. The molecule has 0 aromatic carbocycles. The smallest absolute Gasteiger partial charge is 0.598 e. The molecule has 7 heteroatoms. The molecule has 0 aromatic rings. The number of rotatable bonds is 5. The Bertz CT molecular complexity index is 237. The molecular formula is C9H26LiN2PSSi2. The van der Waals surface area contributed by atoms with Crippen molar-refractivity contribution in [2.45, 2.75) is 39.3 Å². The van der Waals surface area contributed by atoms with E-state index in [1.54, 1.807) is 0 Å². The van der Waals surface area contributed by atoms with Crippen molar-refractivity contribution in [2.24, 2.45) is 4.03 Å². The minimum Gasteiger partial charge on any atom is -0.598 e. The van der Waals surface area contributed by atoms with Gasteiger partial charge in [0.2, 0.25) is 0 Å². The van der Waals surface area contributed by atoms with Gasteiger partial charge in [0.05, 0.1) is 0 Å². The van der Waals surface area contributed by atoms with Gasteiger partial charge in [-0.05, 0) is 33.0 Å². The van der Waals surface area contributed by atoms with Gasteiger partial charge in [-0.1, -0.05) is 27.9 Å². The van der Waals surface area contributed by atoms with Crippen LogP contribution in [0, 0.1) is 0 Å². The molecule has 0 fully saturated rings. The first-order chi connectivity index (χ1) is 6.49. The molecule has 0 aromatic heterocycles. The van der Waals surface area contributed by atoms with E-state index in [-0.39, 0.29) is 37.7 Å². The second kappa shape index (κ2) is 7.89. The third-order valence-corrected chi connectivity index (χ3v) is 10.2. The molecule has 0 heterocycles. The third kappa shape index (κ3) is 13.6. The molecule has 92 valence electrons. The summed E-state index contributed by atoms with van der Waals surface area (Å²) in [7, 11) is -2.49. The fraction of sp³-hybridized carbons (Fsp3) is 1.00. The Kier molecular flexibility index (Phi) is 9.81. The SMILES string of the molecule is CP(C)C/[S@](=N\[Si](C)(C)C)[N-][Si](C)(C)C.[Li+]. The summed E-state index contributed by atoms with van der Waals surface area (Å²) in [5, 5.41) is 0. The van der Waals surface area contributed by atoms with Crippen LogP contribution in [0.2, 0.25) is 39.3 Å². The Morgan fingerprint density at radius 1 is 1.06 bits per heavy atom. The van der Waals surface area contributed by atoms with Crippen LogP contribution in [0.5, 0.6) is 0 Å². The van der Waals surface area contributed by atoms with Crippen molar-refractivity contribution in [3.8, 4) is 0 Å². The fourth-order valence-corrected chi connectivity index (χ4v) is 9.88.